The standard InChI is InChI=1S/C10H16N4O.2ClH/c1-8(6-14-5-4-12-7-14)13-9(15)10(11)2-3-10;;/h4-5,7-8H,2-3,6,11H2,1H3,(H,13,15);2*1H. The third-order valence-electron chi connectivity index (χ3n) is 2.66. The van der Waals surface area contributed by atoms with E-state index in [0.29, 0.717) is 0 Å². The minimum atomic E-state index is -0.580. The third-order valence-corrected chi connectivity index (χ3v) is 2.66. The first-order valence-electron chi connectivity index (χ1n) is 5.16. The number of aromatic nitrogens is 2. The minimum absolute atomic E-state index is 0. The van der Waals surface area contributed by atoms with Gasteiger partial charge in [0.15, 0.2) is 0 Å². The average molecular weight is 281 g/mol. The molecule has 1 aliphatic rings. The van der Waals surface area contributed by atoms with Gasteiger partial charge < -0.3 is 15.6 Å². The molecule has 5 nitrogen and oxygen atoms in total. The van der Waals surface area contributed by atoms with Crippen LogP contribution >= 0.6 is 24.8 Å². The van der Waals surface area contributed by atoms with Crippen LogP contribution in [0.15, 0.2) is 18.7 Å². The molecule has 1 atom stereocenters. The van der Waals surface area contributed by atoms with Crippen molar-refractivity contribution in [2.24, 2.45) is 5.73 Å². The van der Waals surface area contributed by atoms with Gasteiger partial charge in [-0.3, -0.25) is 4.79 Å². The van der Waals surface area contributed by atoms with Crippen molar-refractivity contribution < 1.29 is 4.79 Å². The van der Waals surface area contributed by atoms with Crippen LogP contribution in [0.4, 0.5) is 0 Å². The third kappa shape index (κ3) is 4.18. The maximum absolute atomic E-state index is 11.6. The van der Waals surface area contributed by atoms with Crippen LogP contribution in [0.25, 0.3) is 0 Å². The van der Waals surface area contributed by atoms with Crippen LogP contribution in [0.2, 0.25) is 0 Å². The zero-order chi connectivity index (χ0) is 10.9. The SMILES string of the molecule is CC(Cn1ccnc1)NC(=O)C1(N)CC1.Cl.Cl. The molecule has 1 unspecified atom stereocenters. The summed E-state index contributed by atoms with van der Waals surface area (Å²) >= 11 is 0. The molecule has 17 heavy (non-hydrogen) atoms. The molecule has 0 bridgehead atoms. The van der Waals surface area contributed by atoms with Crippen molar-refractivity contribution in [3.05, 3.63) is 18.7 Å². The predicted molar refractivity (Wildman–Crippen MR) is 70.5 cm³/mol. The molecule has 1 amide bonds. The zero-order valence-electron chi connectivity index (χ0n) is 9.63. The molecule has 98 valence electrons. The Hall–Kier alpha value is -0.780. The van der Waals surface area contributed by atoms with Gasteiger partial charge in [0, 0.05) is 25.0 Å². The second-order valence-corrected chi connectivity index (χ2v) is 4.29. The second kappa shape index (κ2) is 6.23. The summed E-state index contributed by atoms with van der Waals surface area (Å²) in [6, 6.07) is 0.0766. The lowest BCUT2D eigenvalue weighted by atomic mass is 10.2. The second-order valence-electron chi connectivity index (χ2n) is 4.29. The number of nitrogens with one attached hydrogen (secondary N) is 1. The first-order valence-corrected chi connectivity index (χ1v) is 5.16. The van der Waals surface area contributed by atoms with Gasteiger partial charge in [-0.1, -0.05) is 0 Å². The van der Waals surface area contributed by atoms with Crippen molar-refractivity contribution in [3.8, 4) is 0 Å². The summed E-state index contributed by atoms with van der Waals surface area (Å²) < 4.78 is 1.93. The number of carbonyl (C=O) groups is 1. The van der Waals surface area contributed by atoms with E-state index in [1.54, 1.807) is 12.5 Å². The molecule has 1 fully saturated rings. The van der Waals surface area contributed by atoms with E-state index < -0.39 is 5.54 Å². The van der Waals surface area contributed by atoms with Gasteiger partial charge in [0.2, 0.25) is 5.91 Å². The van der Waals surface area contributed by atoms with Gasteiger partial charge >= 0.3 is 0 Å². The lowest BCUT2D eigenvalue weighted by molar-refractivity contribution is -0.123. The minimum Gasteiger partial charge on any atom is -0.350 e. The normalized spacial score (nSPS) is 17.3. The molecular formula is C10H18Cl2N4O. The lowest BCUT2D eigenvalue weighted by Crippen LogP contribution is -2.47. The molecular weight excluding hydrogens is 263 g/mol. The first kappa shape index (κ1) is 16.2. The summed E-state index contributed by atoms with van der Waals surface area (Å²) in [6.45, 7) is 2.69. The number of imidazole rings is 1. The Morgan fingerprint density at radius 3 is 2.71 bits per heavy atom. The van der Waals surface area contributed by atoms with Crippen LogP contribution in [0.1, 0.15) is 19.8 Å². The molecule has 2 rings (SSSR count). The lowest BCUT2D eigenvalue weighted by Gasteiger charge is -2.17. The molecule has 1 aromatic heterocycles. The number of halogens is 2. The average Bonchev–Trinajstić information content (AvgIpc) is 2.74. The quantitative estimate of drug-likeness (QED) is 0.854. The van der Waals surface area contributed by atoms with Crippen LogP contribution in [-0.4, -0.2) is 27.0 Å². The van der Waals surface area contributed by atoms with Gasteiger partial charge in [-0.05, 0) is 19.8 Å². The Kier molecular flexibility index (Phi) is 5.95. The number of hydrogen-bond donors (Lipinski definition) is 2. The highest BCUT2D eigenvalue weighted by Gasteiger charge is 2.46. The maximum Gasteiger partial charge on any atom is 0.240 e. The van der Waals surface area contributed by atoms with E-state index in [9.17, 15) is 4.79 Å². The topological polar surface area (TPSA) is 72.9 Å². The Balaban J connectivity index is 0.00000128. The van der Waals surface area contributed by atoms with Crippen molar-refractivity contribution in [1.82, 2.24) is 14.9 Å². The number of nitrogens with two attached hydrogens (primary N) is 1. The number of hydrogen-bond acceptors (Lipinski definition) is 3. The molecule has 0 radical (unpaired) electrons. The van der Waals surface area contributed by atoms with Gasteiger partial charge in [0.05, 0.1) is 11.9 Å². The summed E-state index contributed by atoms with van der Waals surface area (Å²) in [6.07, 6.45) is 6.93. The Bertz CT molecular complexity index is 351. The molecule has 1 saturated carbocycles. The molecule has 0 aliphatic heterocycles. The predicted octanol–water partition coefficient (Wildman–Crippen LogP) is 0.723. The van der Waals surface area contributed by atoms with E-state index in [-0.39, 0.29) is 36.8 Å². The highest BCUT2D eigenvalue weighted by molar-refractivity contribution is 5.89. The van der Waals surface area contributed by atoms with Gasteiger partial charge in [0.25, 0.3) is 0 Å². The first-order chi connectivity index (χ1) is 7.10. The highest BCUT2D eigenvalue weighted by atomic mass is 35.5. The van der Waals surface area contributed by atoms with Crippen molar-refractivity contribution in [1.29, 1.82) is 0 Å². The van der Waals surface area contributed by atoms with E-state index >= 15 is 0 Å². The zero-order valence-corrected chi connectivity index (χ0v) is 11.3. The Labute approximate surface area is 113 Å². The largest absolute Gasteiger partial charge is 0.350 e. The van der Waals surface area contributed by atoms with Gasteiger partial charge in [-0.15, -0.1) is 24.8 Å². The van der Waals surface area contributed by atoms with E-state index in [0.717, 1.165) is 19.4 Å². The number of rotatable bonds is 4. The van der Waals surface area contributed by atoms with Crippen LogP contribution in [0.5, 0.6) is 0 Å². The number of carbonyl (C=O) groups excluding carboxylic acids is 1. The van der Waals surface area contributed by atoms with Crippen molar-refractivity contribution in [2.45, 2.75) is 37.9 Å². The number of nitrogens with zero attached hydrogens (tertiary/aromatic N) is 2. The molecule has 7 heteroatoms. The van der Waals surface area contributed by atoms with E-state index in [1.807, 2.05) is 17.7 Å². The molecule has 1 aliphatic carbocycles. The molecule has 3 N–H and O–H groups in total. The molecule has 1 heterocycles. The van der Waals surface area contributed by atoms with Crippen molar-refractivity contribution >= 4 is 30.7 Å². The van der Waals surface area contributed by atoms with E-state index in [4.69, 9.17) is 5.73 Å². The van der Waals surface area contributed by atoms with Gasteiger partial charge in [-0.25, -0.2) is 4.98 Å². The highest BCUT2D eigenvalue weighted by Crippen LogP contribution is 2.32. The summed E-state index contributed by atoms with van der Waals surface area (Å²) in [5.74, 6) is -0.0323. The van der Waals surface area contributed by atoms with E-state index in [1.165, 1.54) is 0 Å². The Morgan fingerprint density at radius 2 is 2.24 bits per heavy atom. The summed E-state index contributed by atoms with van der Waals surface area (Å²) in [4.78, 5) is 15.5. The monoisotopic (exact) mass is 280 g/mol. The van der Waals surface area contributed by atoms with E-state index in [2.05, 4.69) is 10.3 Å². The smallest absolute Gasteiger partial charge is 0.240 e. The fourth-order valence-electron chi connectivity index (χ4n) is 1.49. The van der Waals surface area contributed by atoms with Crippen LogP contribution in [-0.2, 0) is 11.3 Å². The van der Waals surface area contributed by atoms with Crippen molar-refractivity contribution in [3.63, 3.8) is 0 Å². The Morgan fingerprint density at radius 1 is 1.59 bits per heavy atom. The molecule has 1 aromatic rings. The van der Waals surface area contributed by atoms with Crippen molar-refractivity contribution in [2.75, 3.05) is 0 Å². The van der Waals surface area contributed by atoms with Crippen LogP contribution in [0, 0.1) is 0 Å². The molecule has 0 spiro atoms. The number of amides is 1. The molecule has 0 saturated heterocycles. The fraction of sp³-hybridized carbons (Fsp3) is 0.600. The fourth-order valence-corrected chi connectivity index (χ4v) is 1.49. The molecule has 0 aromatic carbocycles. The summed E-state index contributed by atoms with van der Waals surface area (Å²) in [5.41, 5.74) is 5.20. The van der Waals surface area contributed by atoms with Crippen LogP contribution < -0.4 is 11.1 Å². The summed E-state index contributed by atoms with van der Waals surface area (Å²) in [7, 11) is 0. The van der Waals surface area contributed by atoms with Gasteiger partial charge in [0.1, 0.15) is 0 Å². The van der Waals surface area contributed by atoms with Gasteiger partial charge in [-0.2, -0.15) is 0 Å². The maximum atomic E-state index is 11.6. The van der Waals surface area contributed by atoms with Crippen LogP contribution in [0.3, 0.4) is 0 Å². The summed E-state index contributed by atoms with van der Waals surface area (Å²) in [5, 5.41) is 2.91.